The van der Waals surface area contributed by atoms with Crippen LogP contribution in [0.5, 0.6) is 5.75 Å². The summed E-state index contributed by atoms with van der Waals surface area (Å²) in [6.07, 6.45) is 4.24. The SMILES string of the molecule is CCCCCCOC(=O)c1ccc(C(=O)Oc2ccccc2)cc1.[H-].[Na+]. The fourth-order valence-electron chi connectivity index (χ4n) is 2.17. The molecular weight excluding hydrogens is 327 g/mol. The molecule has 0 N–H and O–H groups in total. The van der Waals surface area contributed by atoms with E-state index >= 15 is 0 Å². The summed E-state index contributed by atoms with van der Waals surface area (Å²) >= 11 is 0. The number of hydrogen-bond donors (Lipinski definition) is 0. The molecule has 4 nitrogen and oxygen atoms in total. The van der Waals surface area contributed by atoms with Gasteiger partial charge in [0.15, 0.2) is 0 Å². The summed E-state index contributed by atoms with van der Waals surface area (Å²) in [6.45, 7) is 2.56. The number of esters is 2. The van der Waals surface area contributed by atoms with E-state index in [9.17, 15) is 9.59 Å². The van der Waals surface area contributed by atoms with Gasteiger partial charge in [0.25, 0.3) is 0 Å². The van der Waals surface area contributed by atoms with E-state index in [2.05, 4.69) is 6.92 Å². The van der Waals surface area contributed by atoms with Crippen molar-refractivity contribution in [3.63, 3.8) is 0 Å². The molecule has 25 heavy (non-hydrogen) atoms. The van der Waals surface area contributed by atoms with Crippen molar-refractivity contribution < 1.29 is 50.0 Å². The van der Waals surface area contributed by atoms with Crippen LogP contribution in [0.1, 0.15) is 54.7 Å². The van der Waals surface area contributed by atoms with Gasteiger partial charge in [-0.2, -0.15) is 0 Å². The second-order valence-electron chi connectivity index (χ2n) is 5.48. The van der Waals surface area contributed by atoms with Crippen LogP contribution in [0.15, 0.2) is 54.6 Å². The first kappa shape index (κ1) is 21.4. The average Bonchev–Trinajstić information content (AvgIpc) is 2.62. The van der Waals surface area contributed by atoms with Crippen molar-refractivity contribution in [3.05, 3.63) is 65.7 Å². The monoisotopic (exact) mass is 350 g/mol. The molecule has 0 fully saturated rings. The molecule has 0 bridgehead atoms. The largest absolute Gasteiger partial charge is 1.00 e. The molecule has 0 saturated heterocycles. The summed E-state index contributed by atoms with van der Waals surface area (Å²) in [6, 6.07) is 15.2. The maximum absolute atomic E-state index is 12.0. The van der Waals surface area contributed by atoms with Crippen LogP contribution >= 0.6 is 0 Å². The molecular formula is C20H23NaO4. The van der Waals surface area contributed by atoms with Crippen LogP contribution in [0.3, 0.4) is 0 Å². The van der Waals surface area contributed by atoms with Gasteiger partial charge in [-0.25, -0.2) is 9.59 Å². The molecule has 0 aromatic heterocycles. The number of ether oxygens (including phenoxy) is 2. The summed E-state index contributed by atoms with van der Waals surface area (Å²) < 4.78 is 10.5. The number of para-hydroxylation sites is 1. The van der Waals surface area contributed by atoms with Crippen LogP contribution in [0.25, 0.3) is 0 Å². The van der Waals surface area contributed by atoms with E-state index in [1.54, 1.807) is 48.5 Å². The minimum Gasteiger partial charge on any atom is -1.00 e. The maximum atomic E-state index is 12.0. The summed E-state index contributed by atoms with van der Waals surface area (Å²) in [7, 11) is 0. The summed E-state index contributed by atoms with van der Waals surface area (Å²) in [5, 5.41) is 0. The zero-order valence-corrected chi connectivity index (χ0v) is 16.9. The first-order valence-corrected chi connectivity index (χ1v) is 8.25. The van der Waals surface area contributed by atoms with E-state index in [-0.39, 0.29) is 37.0 Å². The molecule has 0 radical (unpaired) electrons. The molecule has 0 aliphatic rings. The number of carbonyl (C=O) groups excluding carboxylic acids is 2. The van der Waals surface area contributed by atoms with Crippen molar-refractivity contribution in [3.8, 4) is 5.75 Å². The van der Waals surface area contributed by atoms with Crippen molar-refractivity contribution in [1.29, 1.82) is 0 Å². The van der Waals surface area contributed by atoms with E-state index in [1.165, 1.54) is 0 Å². The molecule has 0 amide bonds. The molecule has 0 spiro atoms. The van der Waals surface area contributed by atoms with E-state index in [0.29, 0.717) is 23.5 Å². The Labute approximate surface area is 172 Å². The van der Waals surface area contributed by atoms with Crippen LogP contribution < -0.4 is 34.3 Å². The fourth-order valence-corrected chi connectivity index (χ4v) is 2.17. The maximum Gasteiger partial charge on any atom is 1.00 e. The van der Waals surface area contributed by atoms with Crippen LogP contribution in [0, 0.1) is 0 Å². The number of unbranched alkanes of at least 4 members (excludes halogenated alkanes) is 3. The van der Waals surface area contributed by atoms with Gasteiger partial charge in [0.05, 0.1) is 17.7 Å². The van der Waals surface area contributed by atoms with Gasteiger partial charge in [-0.05, 0) is 42.8 Å². The number of carbonyl (C=O) groups is 2. The summed E-state index contributed by atoms with van der Waals surface area (Å²) in [5.41, 5.74) is 0.820. The van der Waals surface area contributed by atoms with Gasteiger partial charge in [0.1, 0.15) is 5.75 Å². The second-order valence-corrected chi connectivity index (χ2v) is 5.48. The molecule has 0 heterocycles. The average molecular weight is 350 g/mol. The fraction of sp³-hybridized carbons (Fsp3) is 0.300. The Bertz CT molecular complexity index is 659. The molecule has 2 aromatic carbocycles. The minimum atomic E-state index is -0.458. The molecule has 0 unspecified atom stereocenters. The van der Waals surface area contributed by atoms with Crippen molar-refractivity contribution in [1.82, 2.24) is 0 Å². The molecule has 5 heteroatoms. The Hall–Kier alpha value is -1.62. The molecule has 2 rings (SSSR count). The van der Waals surface area contributed by atoms with Gasteiger partial charge in [-0.1, -0.05) is 44.4 Å². The van der Waals surface area contributed by atoms with Crippen LogP contribution in [0.2, 0.25) is 0 Å². The quantitative estimate of drug-likeness (QED) is 0.315. The van der Waals surface area contributed by atoms with Gasteiger partial charge < -0.3 is 10.9 Å². The Morgan fingerprint density at radius 2 is 1.44 bits per heavy atom. The Balaban J connectivity index is 0.00000312. The van der Waals surface area contributed by atoms with Crippen molar-refractivity contribution in [2.45, 2.75) is 32.6 Å². The van der Waals surface area contributed by atoms with Gasteiger partial charge in [-0.15, -0.1) is 0 Å². The van der Waals surface area contributed by atoms with Gasteiger partial charge in [-0.3, -0.25) is 0 Å². The predicted molar refractivity (Wildman–Crippen MR) is 93.4 cm³/mol. The van der Waals surface area contributed by atoms with E-state index in [0.717, 1.165) is 25.7 Å². The molecule has 0 aliphatic heterocycles. The van der Waals surface area contributed by atoms with E-state index < -0.39 is 5.97 Å². The first-order valence-electron chi connectivity index (χ1n) is 8.25. The number of benzene rings is 2. The molecule has 0 saturated carbocycles. The number of rotatable bonds is 8. The third-order valence-corrected chi connectivity index (χ3v) is 3.54. The van der Waals surface area contributed by atoms with Crippen molar-refractivity contribution in [2.24, 2.45) is 0 Å². The molecule has 0 aliphatic carbocycles. The van der Waals surface area contributed by atoms with E-state index in [4.69, 9.17) is 9.47 Å². The Morgan fingerprint density at radius 3 is 2.04 bits per heavy atom. The van der Waals surface area contributed by atoms with Crippen molar-refractivity contribution >= 4 is 11.9 Å². The predicted octanol–water partition coefficient (Wildman–Crippen LogP) is 1.76. The zero-order valence-electron chi connectivity index (χ0n) is 15.9. The minimum absolute atomic E-state index is 0. The van der Waals surface area contributed by atoms with Gasteiger partial charge in [0, 0.05) is 0 Å². The second kappa shape index (κ2) is 11.9. The Morgan fingerprint density at radius 1 is 0.840 bits per heavy atom. The smallest absolute Gasteiger partial charge is 1.00 e. The Kier molecular flexibility index (Phi) is 10.2. The van der Waals surface area contributed by atoms with Crippen LogP contribution in [-0.2, 0) is 4.74 Å². The summed E-state index contributed by atoms with van der Waals surface area (Å²) in [4.78, 5) is 23.9. The molecule has 2 aromatic rings. The third kappa shape index (κ3) is 7.43. The first-order chi connectivity index (χ1) is 11.7. The van der Waals surface area contributed by atoms with Gasteiger partial charge >= 0.3 is 41.5 Å². The molecule has 0 atom stereocenters. The van der Waals surface area contributed by atoms with Crippen LogP contribution in [0.4, 0.5) is 0 Å². The normalized spacial score (nSPS) is 9.80. The zero-order chi connectivity index (χ0) is 17.2. The topological polar surface area (TPSA) is 52.6 Å². The van der Waals surface area contributed by atoms with E-state index in [1.807, 2.05) is 6.07 Å². The third-order valence-electron chi connectivity index (χ3n) is 3.54. The molecule has 128 valence electrons. The standard InChI is InChI=1S/C20H22O4.Na.H/c1-2-3-4-8-15-23-19(21)16-11-13-17(14-12-16)20(22)24-18-9-6-5-7-10-18;;/h5-7,9-14H,2-4,8,15H2,1H3;;/q;+1;-1. The van der Waals surface area contributed by atoms with Crippen molar-refractivity contribution in [2.75, 3.05) is 6.61 Å². The number of hydrogen-bond acceptors (Lipinski definition) is 4. The van der Waals surface area contributed by atoms with Gasteiger partial charge in [0.2, 0.25) is 0 Å². The summed E-state index contributed by atoms with van der Waals surface area (Å²) in [5.74, 6) is -0.340. The van der Waals surface area contributed by atoms with Crippen LogP contribution in [-0.4, -0.2) is 18.5 Å².